The van der Waals surface area contributed by atoms with Crippen LogP contribution < -0.4 is 10.9 Å². The van der Waals surface area contributed by atoms with E-state index in [4.69, 9.17) is 4.42 Å². The lowest BCUT2D eigenvalue weighted by atomic mass is 10.2. The molecule has 2 aromatic carbocycles. The molecule has 0 radical (unpaired) electrons. The Morgan fingerprint density at radius 2 is 1.97 bits per heavy atom. The van der Waals surface area contributed by atoms with Crippen molar-refractivity contribution in [3.8, 4) is 11.5 Å². The van der Waals surface area contributed by atoms with Crippen molar-refractivity contribution < 1.29 is 9.21 Å². The number of aromatic nitrogens is 3. The van der Waals surface area contributed by atoms with E-state index in [1.807, 2.05) is 41.8 Å². The number of hydrogen-bond donors (Lipinski definition) is 1. The molecule has 0 aliphatic rings. The lowest BCUT2D eigenvalue weighted by Gasteiger charge is -2.08. The quantitative estimate of drug-likeness (QED) is 0.492. The average Bonchev–Trinajstić information content (AvgIpc) is 3.37. The number of fused-ring (bicyclic) bond motifs is 2. The van der Waals surface area contributed by atoms with Crippen LogP contribution in [0.5, 0.6) is 0 Å². The van der Waals surface area contributed by atoms with Crippen LogP contribution in [0.2, 0.25) is 0 Å². The molecule has 1 N–H and O–H groups in total. The summed E-state index contributed by atoms with van der Waals surface area (Å²) in [5, 5.41) is 6.01. The second kappa shape index (κ2) is 6.99. The van der Waals surface area contributed by atoms with Crippen molar-refractivity contribution in [2.24, 2.45) is 0 Å². The number of thiazole rings is 1. The first-order chi connectivity index (χ1) is 14.2. The molecule has 5 aromatic rings. The minimum Gasteiger partial charge on any atom is -0.454 e. The molecular weight excluding hydrogens is 388 g/mol. The van der Waals surface area contributed by atoms with Crippen LogP contribution in [0.25, 0.3) is 33.5 Å². The van der Waals surface area contributed by atoms with E-state index in [9.17, 15) is 9.59 Å². The molecule has 8 heteroatoms. The number of nitrogens with zero attached hydrogens (tertiary/aromatic N) is 3. The van der Waals surface area contributed by atoms with Crippen molar-refractivity contribution >= 4 is 44.4 Å². The molecule has 0 saturated heterocycles. The van der Waals surface area contributed by atoms with Gasteiger partial charge in [0, 0.05) is 10.8 Å². The summed E-state index contributed by atoms with van der Waals surface area (Å²) in [7, 11) is 0. The number of benzene rings is 2. The molecule has 0 saturated carbocycles. The highest BCUT2D eigenvalue weighted by Gasteiger charge is 2.13. The Labute approximate surface area is 168 Å². The second-order valence-electron chi connectivity index (χ2n) is 6.41. The van der Waals surface area contributed by atoms with E-state index in [-0.39, 0.29) is 18.0 Å². The highest BCUT2D eigenvalue weighted by Crippen LogP contribution is 2.30. The van der Waals surface area contributed by atoms with Crippen LogP contribution in [0.3, 0.4) is 0 Å². The highest BCUT2D eigenvalue weighted by molar-refractivity contribution is 7.14. The maximum atomic E-state index is 12.5. The van der Waals surface area contributed by atoms with Gasteiger partial charge < -0.3 is 9.73 Å². The summed E-state index contributed by atoms with van der Waals surface area (Å²) in [6.45, 7) is -0.124. The normalized spacial score (nSPS) is 11.2. The van der Waals surface area contributed by atoms with Gasteiger partial charge in [0.05, 0.1) is 17.2 Å². The summed E-state index contributed by atoms with van der Waals surface area (Å²) >= 11 is 1.30. The number of para-hydroxylation sites is 3. The lowest BCUT2D eigenvalue weighted by molar-refractivity contribution is -0.116. The fourth-order valence-electron chi connectivity index (χ4n) is 3.13. The second-order valence-corrected chi connectivity index (χ2v) is 7.26. The SMILES string of the molecule is O=C(Cn1c(=O)cnc2ccccc21)Nc1nc(-c2cc3ccccc3o2)cs1. The number of amides is 1. The summed E-state index contributed by atoms with van der Waals surface area (Å²) in [6.07, 6.45) is 1.22. The Balaban J connectivity index is 1.37. The topological polar surface area (TPSA) is 90.0 Å². The lowest BCUT2D eigenvalue weighted by Crippen LogP contribution is -2.27. The third-order valence-electron chi connectivity index (χ3n) is 4.48. The maximum absolute atomic E-state index is 12.5. The summed E-state index contributed by atoms with van der Waals surface area (Å²) in [6, 6.07) is 16.8. The van der Waals surface area contributed by atoms with Gasteiger partial charge in [-0.1, -0.05) is 30.3 Å². The van der Waals surface area contributed by atoms with Gasteiger partial charge in [-0.05, 0) is 24.3 Å². The first kappa shape index (κ1) is 17.3. The number of rotatable bonds is 4. The van der Waals surface area contributed by atoms with E-state index in [1.165, 1.54) is 22.1 Å². The predicted molar refractivity (Wildman–Crippen MR) is 112 cm³/mol. The van der Waals surface area contributed by atoms with E-state index < -0.39 is 0 Å². The van der Waals surface area contributed by atoms with Crippen LogP contribution in [0, 0.1) is 0 Å². The van der Waals surface area contributed by atoms with Gasteiger partial charge in [0.15, 0.2) is 10.9 Å². The fraction of sp³-hybridized carbons (Fsp3) is 0.0476. The van der Waals surface area contributed by atoms with Gasteiger partial charge in [-0.25, -0.2) is 9.97 Å². The van der Waals surface area contributed by atoms with Crippen molar-refractivity contribution in [1.29, 1.82) is 0 Å². The van der Waals surface area contributed by atoms with Crippen LogP contribution in [-0.4, -0.2) is 20.4 Å². The summed E-state index contributed by atoms with van der Waals surface area (Å²) in [4.78, 5) is 33.2. The van der Waals surface area contributed by atoms with E-state index in [2.05, 4.69) is 15.3 Å². The van der Waals surface area contributed by atoms with Gasteiger partial charge in [0.2, 0.25) is 5.91 Å². The number of furan rings is 1. The third kappa shape index (κ3) is 3.30. The van der Waals surface area contributed by atoms with Crippen LogP contribution in [0.15, 0.2) is 75.4 Å². The number of anilines is 1. The molecule has 0 fully saturated rings. The highest BCUT2D eigenvalue weighted by atomic mass is 32.1. The predicted octanol–water partition coefficient (Wildman–Crippen LogP) is 3.90. The zero-order valence-corrected chi connectivity index (χ0v) is 15.8. The fourth-order valence-corrected chi connectivity index (χ4v) is 3.85. The first-order valence-electron chi connectivity index (χ1n) is 8.86. The molecule has 5 rings (SSSR count). The first-order valence-corrected chi connectivity index (χ1v) is 9.74. The molecule has 0 aliphatic heterocycles. The Morgan fingerprint density at radius 1 is 1.14 bits per heavy atom. The Kier molecular flexibility index (Phi) is 4.18. The minimum absolute atomic E-state index is 0.124. The van der Waals surface area contributed by atoms with Crippen LogP contribution >= 0.6 is 11.3 Å². The standard InChI is InChI=1S/C21H14N4O3S/c26-19(11-25-16-7-3-2-6-14(16)22-10-20(25)27)24-21-23-15(12-29-21)18-9-13-5-1-4-8-17(13)28-18/h1-10,12H,11H2,(H,23,24,26). The van der Waals surface area contributed by atoms with E-state index in [0.717, 1.165) is 11.0 Å². The summed E-state index contributed by atoms with van der Waals surface area (Å²) in [5.74, 6) is 0.299. The smallest absolute Gasteiger partial charge is 0.269 e. The van der Waals surface area contributed by atoms with Crippen molar-refractivity contribution in [2.45, 2.75) is 6.54 Å². The molecule has 142 valence electrons. The molecule has 7 nitrogen and oxygen atoms in total. The number of carbonyl (C=O) groups is 1. The number of nitrogens with one attached hydrogen (secondary N) is 1. The van der Waals surface area contributed by atoms with Crippen molar-refractivity contribution in [3.05, 3.63) is 76.5 Å². The van der Waals surface area contributed by atoms with Gasteiger partial charge in [-0.2, -0.15) is 0 Å². The van der Waals surface area contributed by atoms with Crippen LogP contribution in [0.4, 0.5) is 5.13 Å². The maximum Gasteiger partial charge on any atom is 0.269 e. The molecule has 29 heavy (non-hydrogen) atoms. The van der Waals surface area contributed by atoms with Crippen molar-refractivity contribution in [3.63, 3.8) is 0 Å². The van der Waals surface area contributed by atoms with Gasteiger partial charge in [-0.15, -0.1) is 11.3 Å². The van der Waals surface area contributed by atoms with E-state index >= 15 is 0 Å². The van der Waals surface area contributed by atoms with Crippen molar-refractivity contribution in [2.75, 3.05) is 5.32 Å². The molecule has 0 spiro atoms. The molecule has 0 atom stereocenters. The molecule has 3 aromatic heterocycles. The van der Waals surface area contributed by atoms with Gasteiger partial charge in [-0.3, -0.25) is 14.2 Å². The molecule has 1 amide bonds. The molecule has 0 bridgehead atoms. The minimum atomic E-state index is -0.339. The molecular formula is C21H14N4O3S. The Morgan fingerprint density at radius 3 is 2.86 bits per heavy atom. The van der Waals surface area contributed by atoms with Crippen molar-refractivity contribution in [1.82, 2.24) is 14.5 Å². The number of hydrogen-bond acceptors (Lipinski definition) is 6. The van der Waals surface area contributed by atoms with Gasteiger partial charge >= 0.3 is 0 Å². The number of carbonyl (C=O) groups excluding carboxylic acids is 1. The third-order valence-corrected chi connectivity index (χ3v) is 5.24. The molecule has 0 aliphatic carbocycles. The molecule has 0 unspecified atom stereocenters. The van der Waals surface area contributed by atoms with E-state index in [1.54, 1.807) is 18.2 Å². The molecule has 3 heterocycles. The average molecular weight is 402 g/mol. The zero-order chi connectivity index (χ0) is 19.8. The van der Waals surface area contributed by atoms with E-state index in [0.29, 0.717) is 27.6 Å². The Hall–Kier alpha value is -3.78. The summed E-state index contributed by atoms with van der Waals surface area (Å²) in [5.41, 5.74) is 2.36. The largest absolute Gasteiger partial charge is 0.454 e. The summed E-state index contributed by atoms with van der Waals surface area (Å²) < 4.78 is 7.21. The zero-order valence-electron chi connectivity index (χ0n) is 15.0. The van der Waals surface area contributed by atoms with Gasteiger partial charge in [0.1, 0.15) is 17.8 Å². The van der Waals surface area contributed by atoms with Crippen LogP contribution in [0.1, 0.15) is 0 Å². The monoisotopic (exact) mass is 402 g/mol. The van der Waals surface area contributed by atoms with Gasteiger partial charge in [0.25, 0.3) is 5.56 Å². The van der Waals surface area contributed by atoms with Crippen LogP contribution in [-0.2, 0) is 11.3 Å². The Bertz CT molecular complexity index is 1380.